The lowest BCUT2D eigenvalue weighted by molar-refractivity contribution is -0.137. The molecule has 0 heterocycles. The Kier molecular flexibility index (Phi) is 17.4. The lowest BCUT2D eigenvalue weighted by Crippen LogP contribution is -2.27. The van der Waals surface area contributed by atoms with Gasteiger partial charge in [-0.05, 0) is 19.3 Å². The lowest BCUT2D eigenvalue weighted by atomic mass is 10.1. The van der Waals surface area contributed by atoms with Crippen molar-refractivity contribution < 1.29 is 18.3 Å². The number of nitrogens with one attached hydrogen (secondary N) is 1. The van der Waals surface area contributed by atoms with E-state index < -0.39 is 16.0 Å². The molecule has 0 aliphatic heterocycles. The van der Waals surface area contributed by atoms with Crippen LogP contribution < -0.4 is 4.72 Å². The Morgan fingerprint density at radius 3 is 1.69 bits per heavy atom. The van der Waals surface area contributed by atoms with Gasteiger partial charge in [0, 0.05) is 13.0 Å². The summed E-state index contributed by atoms with van der Waals surface area (Å²) in [5.74, 6) is -0.586. The van der Waals surface area contributed by atoms with Crippen LogP contribution in [-0.4, -0.2) is 31.8 Å². The van der Waals surface area contributed by atoms with Crippen LogP contribution in [0.15, 0.2) is 0 Å². The standard InChI is InChI=1S/C20H41NO4S/c1-2-3-4-5-6-7-8-9-10-11-12-16-19-26(24,25)21-18-15-13-14-17-20(22)23/h21H,2-19H2,1H3,(H,22,23). The Morgan fingerprint density at radius 2 is 1.19 bits per heavy atom. The van der Waals surface area contributed by atoms with Gasteiger partial charge in [-0.25, -0.2) is 13.1 Å². The number of carbonyl (C=O) groups is 1. The van der Waals surface area contributed by atoms with Crippen molar-refractivity contribution >= 4 is 16.0 Å². The molecule has 0 rings (SSSR count). The van der Waals surface area contributed by atoms with Gasteiger partial charge in [0.2, 0.25) is 10.0 Å². The first-order valence-corrected chi connectivity index (χ1v) is 12.3. The summed E-state index contributed by atoms with van der Waals surface area (Å²) in [6, 6.07) is 0. The maximum atomic E-state index is 11.8. The summed E-state index contributed by atoms with van der Waals surface area (Å²) < 4.78 is 26.3. The Bertz CT molecular complexity index is 424. The van der Waals surface area contributed by atoms with Gasteiger partial charge in [-0.15, -0.1) is 0 Å². The fourth-order valence-electron chi connectivity index (χ4n) is 3.01. The summed E-state index contributed by atoms with van der Waals surface area (Å²) in [5.41, 5.74) is 0. The van der Waals surface area contributed by atoms with Crippen molar-refractivity contribution in [2.75, 3.05) is 12.3 Å². The molecule has 0 amide bonds. The van der Waals surface area contributed by atoms with E-state index in [0.29, 0.717) is 19.4 Å². The molecule has 0 bridgehead atoms. The number of rotatable bonds is 20. The average molecular weight is 392 g/mol. The van der Waals surface area contributed by atoms with Gasteiger partial charge in [0.1, 0.15) is 0 Å². The fourth-order valence-corrected chi connectivity index (χ4v) is 4.19. The second-order valence-corrected chi connectivity index (χ2v) is 9.23. The Balaban J connectivity index is 3.36. The number of sulfonamides is 1. The maximum Gasteiger partial charge on any atom is 0.303 e. The number of aliphatic carboxylic acids is 1. The molecule has 0 saturated heterocycles. The number of unbranched alkanes of at least 4 members (excludes halogenated alkanes) is 13. The average Bonchev–Trinajstić information content (AvgIpc) is 2.58. The van der Waals surface area contributed by atoms with Crippen LogP contribution in [0, 0.1) is 0 Å². The molecule has 0 aromatic rings. The zero-order valence-corrected chi connectivity index (χ0v) is 17.6. The molecule has 0 fully saturated rings. The zero-order chi connectivity index (χ0) is 19.5. The molecule has 0 radical (unpaired) electrons. The Morgan fingerprint density at radius 1 is 0.731 bits per heavy atom. The summed E-state index contributed by atoms with van der Waals surface area (Å²) in [7, 11) is -3.16. The van der Waals surface area contributed by atoms with Crippen molar-refractivity contribution in [1.29, 1.82) is 0 Å². The Hall–Kier alpha value is -0.620. The number of hydrogen-bond donors (Lipinski definition) is 2. The van der Waals surface area contributed by atoms with Crippen molar-refractivity contribution in [3.8, 4) is 0 Å². The van der Waals surface area contributed by atoms with Crippen LogP contribution >= 0.6 is 0 Å². The molecule has 26 heavy (non-hydrogen) atoms. The third-order valence-corrected chi connectivity index (χ3v) is 6.13. The normalized spacial score (nSPS) is 11.7. The monoisotopic (exact) mass is 391 g/mol. The van der Waals surface area contributed by atoms with Crippen LogP contribution in [0.3, 0.4) is 0 Å². The van der Waals surface area contributed by atoms with Crippen molar-refractivity contribution in [2.24, 2.45) is 0 Å². The molecule has 6 heteroatoms. The summed E-state index contributed by atoms with van der Waals surface area (Å²) in [6.07, 6.45) is 17.0. The van der Waals surface area contributed by atoms with Crippen LogP contribution in [-0.2, 0) is 14.8 Å². The quantitative estimate of drug-likeness (QED) is 0.278. The van der Waals surface area contributed by atoms with Gasteiger partial charge in [0.25, 0.3) is 0 Å². The van der Waals surface area contributed by atoms with E-state index in [4.69, 9.17) is 5.11 Å². The van der Waals surface area contributed by atoms with Crippen LogP contribution in [0.5, 0.6) is 0 Å². The molecule has 0 aliphatic rings. The SMILES string of the molecule is CCCCCCCCCCCCCCS(=O)(=O)NCCCCCC(=O)O. The molecule has 0 saturated carbocycles. The van der Waals surface area contributed by atoms with Crippen LogP contribution in [0.4, 0.5) is 0 Å². The summed E-state index contributed by atoms with van der Waals surface area (Å²) >= 11 is 0. The van der Waals surface area contributed by atoms with Gasteiger partial charge in [-0.1, -0.05) is 84.0 Å². The minimum absolute atomic E-state index is 0.158. The van der Waals surface area contributed by atoms with E-state index in [9.17, 15) is 13.2 Å². The second-order valence-electron chi connectivity index (χ2n) is 7.31. The number of carboxylic acid groups (broad SMARTS) is 1. The molecule has 0 atom stereocenters. The molecule has 0 unspecified atom stereocenters. The van der Waals surface area contributed by atoms with E-state index in [-0.39, 0.29) is 12.2 Å². The molecule has 0 aliphatic carbocycles. The summed E-state index contributed by atoms with van der Waals surface area (Å²) in [4.78, 5) is 10.4. The third kappa shape index (κ3) is 19.7. The molecule has 0 spiro atoms. The zero-order valence-electron chi connectivity index (χ0n) is 16.8. The largest absolute Gasteiger partial charge is 0.481 e. The minimum atomic E-state index is -3.16. The van der Waals surface area contributed by atoms with E-state index >= 15 is 0 Å². The molecule has 156 valence electrons. The van der Waals surface area contributed by atoms with E-state index in [1.165, 1.54) is 57.8 Å². The van der Waals surface area contributed by atoms with Crippen LogP contribution in [0.2, 0.25) is 0 Å². The highest BCUT2D eigenvalue weighted by Gasteiger charge is 2.08. The molecule has 0 aromatic heterocycles. The fraction of sp³-hybridized carbons (Fsp3) is 0.950. The van der Waals surface area contributed by atoms with Crippen molar-refractivity contribution in [1.82, 2.24) is 4.72 Å². The molecular formula is C20H41NO4S. The van der Waals surface area contributed by atoms with Crippen molar-refractivity contribution in [2.45, 2.75) is 110 Å². The number of hydrogen-bond acceptors (Lipinski definition) is 3. The van der Waals surface area contributed by atoms with Crippen molar-refractivity contribution in [3.05, 3.63) is 0 Å². The highest BCUT2D eigenvalue weighted by molar-refractivity contribution is 7.89. The summed E-state index contributed by atoms with van der Waals surface area (Å²) in [6.45, 7) is 2.66. The van der Waals surface area contributed by atoms with E-state index in [0.717, 1.165) is 25.7 Å². The molecular weight excluding hydrogens is 350 g/mol. The Labute approximate surface area is 161 Å². The first-order chi connectivity index (χ1) is 12.5. The predicted octanol–water partition coefficient (Wildman–Crippen LogP) is 5.25. The first-order valence-electron chi connectivity index (χ1n) is 10.7. The highest BCUT2D eigenvalue weighted by Crippen LogP contribution is 2.12. The molecule has 5 nitrogen and oxygen atoms in total. The topological polar surface area (TPSA) is 83.5 Å². The van der Waals surface area contributed by atoms with Gasteiger partial charge in [0.15, 0.2) is 0 Å². The minimum Gasteiger partial charge on any atom is -0.481 e. The third-order valence-electron chi connectivity index (χ3n) is 4.66. The van der Waals surface area contributed by atoms with E-state index in [2.05, 4.69) is 11.6 Å². The second kappa shape index (κ2) is 17.8. The van der Waals surface area contributed by atoms with Crippen LogP contribution in [0.1, 0.15) is 110 Å². The van der Waals surface area contributed by atoms with Gasteiger partial charge in [0.05, 0.1) is 5.75 Å². The van der Waals surface area contributed by atoms with E-state index in [1.807, 2.05) is 0 Å². The number of carboxylic acids is 1. The highest BCUT2D eigenvalue weighted by atomic mass is 32.2. The smallest absolute Gasteiger partial charge is 0.303 e. The first kappa shape index (κ1) is 25.4. The van der Waals surface area contributed by atoms with Crippen molar-refractivity contribution in [3.63, 3.8) is 0 Å². The lowest BCUT2D eigenvalue weighted by Gasteiger charge is -2.06. The maximum absolute atomic E-state index is 11.8. The van der Waals surface area contributed by atoms with Gasteiger partial charge < -0.3 is 5.11 Å². The van der Waals surface area contributed by atoms with Gasteiger partial charge in [-0.2, -0.15) is 0 Å². The van der Waals surface area contributed by atoms with Crippen LogP contribution in [0.25, 0.3) is 0 Å². The van der Waals surface area contributed by atoms with Gasteiger partial charge in [-0.3, -0.25) is 4.79 Å². The molecule has 2 N–H and O–H groups in total. The molecule has 0 aromatic carbocycles. The summed E-state index contributed by atoms with van der Waals surface area (Å²) in [5, 5.41) is 8.53. The predicted molar refractivity (Wildman–Crippen MR) is 109 cm³/mol. The van der Waals surface area contributed by atoms with E-state index in [1.54, 1.807) is 0 Å². The van der Waals surface area contributed by atoms with Gasteiger partial charge >= 0.3 is 5.97 Å².